The number of hydrogen-bond acceptors (Lipinski definition) is 6. The Bertz CT molecular complexity index is 488. The van der Waals surface area contributed by atoms with Crippen molar-refractivity contribution in [2.45, 2.75) is 38.7 Å². The molecule has 0 aliphatic carbocycles. The number of amides is 1. The van der Waals surface area contributed by atoms with Gasteiger partial charge in [-0.3, -0.25) is 4.79 Å². The number of nitrogens with zero attached hydrogens (tertiary/aromatic N) is 4. The van der Waals surface area contributed by atoms with Crippen LogP contribution in [0.3, 0.4) is 0 Å². The number of piperazine rings is 1. The van der Waals surface area contributed by atoms with Gasteiger partial charge in [-0.05, 0) is 12.8 Å². The molecule has 1 atom stereocenters. The minimum absolute atomic E-state index is 0.126. The topological polar surface area (TPSA) is 71.7 Å². The third kappa shape index (κ3) is 3.02. The average molecular weight is 294 g/mol. The van der Waals surface area contributed by atoms with Crippen LogP contribution >= 0.6 is 0 Å². The van der Waals surface area contributed by atoms with Gasteiger partial charge in [0.15, 0.2) is 0 Å². The maximum Gasteiger partial charge on any atom is 0.318 e. The Morgan fingerprint density at radius 2 is 2.00 bits per heavy atom. The summed E-state index contributed by atoms with van der Waals surface area (Å²) in [6.45, 7) is 7.55. The van der Waals surface area contributed by atoms with E-state index in [1.807, 2.05) is 23.6 Å². The van der Waals surface area contributed by atoms with Crippen molar-refractivity contribution < 1.29 is 13.9 Å². The van der Waals surface area contributed by atoms with Crippen LogP contribution in [0.5, 0.6) is 0 Å². The van der Waals surface area contributed by atoms with Crippen molar-refractivity contribution in [1.29, 1.82) is 0 Å². The summed E-state index contributed by atoms with van der Waals surface area (Å²) in [4.78, 5) is 16.2. The molecule has 2 fully saturated rings. The number of rotatable bonds is 3. The van der Waals surface area contributed by atoms with Crippen molar-refractivity contribution in [1.82, 2.24) is 15.1 Å². The second kappa shape index (κ2) is 6.01. The maximum absolute atomic E-state index is 12.3. The Morgan fingerprint density at radius 1 is 1.24 bits per heavy atom. The van der Waals surface area contributed by atoms with Crippen LogP contribution in [0.2, 0.25) is 0 Å². The van der Waals surface area contributed by atoms with Gasteiger partial charge in [0.2, 0.25) is 5.89 Å². The normalized spacial score (nSPS) is 23.1. The Kier molecular flexibility index (Phi) is 4.10. The number of hydrogen-bond donors (Lipinski definition) is 0. The lowest BCUT2D eigenvalue weighted by molar-refractivity contribution is -0.141. The van der Waals surface area contributed by atoms with Gasteiger partial charge in [-0.1, -0.05) is 18.9 Å². The quantitative estimate of drug-likeness (QED) is 0.829. The lowest BCUT2D eigenvalue weighted by atomic mass is 10.2. The fraction of sp³-hybridized carbons (Fsp3) is 0.786. The molecule has 3 rings (SSSR count). The van der Waals surface area contributed by atoms with E-state index in [-0.39, 0.29) is 17.9 Å². The third-order valence-corrected chi connectivity index (χ3v) is 3.99. The number of carbonyl (C=O) groups is 1. The molecule has 1 unspecified atom stereocenters. The standard InChI is InChI=1S/C14H22N4O3/c1-10(2)12-15-16-14(21-12)18-7-5-17(6-8-18)13(19)11-4-3-9-20-11/h10-11H,3-9H2,1-2H3. The zero-order chi connectivity index (χ0) is 14.8. The van der Waals surface area contributed by atoms with Gasteiger partial charge >= 0.3 is 6.01 Å². The van der Waals surface area contributed by atoms with Gasteiger partial charge in [0.1, 0.15) is 6.10 Å². The summed E-state index contributed by atoms with van der Waals surface area (Å²) in [5, 5.41) is 8.14. The van der Waals surface area contributed by atoms with E-state index >= 15 is 0 Å². The van der Waals surface area contributed by atoms with E-state index in [0.717, 1.165) is 25.9 Å². The molecule has 1 amide bonds. The number of aromatic nitrogens is 2. The van der Waals surface area contributed by atoms with Crippen molar-refractivity contribution in [3.05, 3.63) is 5.89 Å². The van der Waals surface area contributed by atoms with Crippen LogP contribution in [0.4, 0.5) is 6.01 Å². The lowest BCUT2D eigenvalue weighted by Crippen LogP contribution is -2.51. The highest BCUT2D eigenvalue weighted by atomic mass is 16.5. The molecule has 7 nitrogen and oxygen atoms in total. The first-order valence-electron chi connectivity index (χ1n) is 7.64. The van der Waals surface area contributed by atoms with Gasteiger partial charge in [0.05, 0.1) is 0 Å². The van der Waals surface area contributed by atoms with E-state index < -0.39 is 0 Å². The first-order valence-corrected chi connectivity index (χ1v) is 7.64. The minimum atomic E-state index is -0.229. The molecule has 0 N–H and O–H groups in total. The molecule has 21 heavy (non-hydrogen) atoms. The monoisotopic (exact) mass is 294 g/mol. The van der Waals surface area contributed by atoms with Gasteiger partial charge in [0.25, 0.3) is 5.91 Å². The second-order valence-electron chi connectivity index (χ2n) is 5.89. The molecular weight excluding hydrogens is 272 g/mol. The average Bonchev–Trinajstić information content (AvgIpc) is 3.18. The Balaban J connectivity index is 1.55. The van der Waals surface area contributed by atoms with Gasteiger partial charge in [-0.2, -0.15) is 0 Å². The van der Waals surface area contributed by atoms with Gasteiger partial charge in [-0.15, -0.1) is 5.10 Å². The van der Waals surface area contributed by atoms with Crippen LogP contribution < -0.4 is 4.90 Å². The first kappa shape index (κ1) is 14.3. The molecule has 0 aromatic carbocycles. The van der Waals surface area contributed by atoms with Crippen LogP contribution in [0, 0.1) is 0 Å². The molecule has 0 saturated carbocycles. The molecule has 2 saturated heterocycles. The maximum atomic E-state index is 12.3. The summed E-state index contributed by atoms with van der Waals surface area (Å²) in [6, 6.07) is 0.558. The van der Waals surface area contributed by atoms with Gasteiger partial charge < -0.3 is 19.0 Å². The molecule has 7 heteroatoms. The lowest BCUT2D eigenvalue weighted by Gasteiger charge is -2.34. The van der Waals surface area contributed by atoms with Crippen LogP contribution in [0.25, 0.3) is 0 Å². The predicted octanol–water partition coefficient (Wildman–Crippen LogP) is 1.02. The highest BCUT2D eigenvalue weighted by molar-refractivity contribution is 5.81. The minimum Gasteiger partial charge on any atom is -0.408 e. The highest BCUT2D eigenvalue weighted by Crippen LogP contribution is 2.21. The SMILES string of the molecule is CC(C)c1nnc(N2CCN(C(=O)C3CCCO3)CC2)o1. The molecule has 1 aromatic rings. The molecule has 0 bridgehead atoms. The molecule has 2 aliphatic rings. The van der Waals surface area contributed by atoms with Crippen molar-refractivity contribution in [2.75, 3.05) is 37.7 Å². The van der Waals surface area contributed by atoms with Crippen LogP contribution in [0.1, 0.15) is 38.5 Å². The molecule has 0 spiro atoms. The number of carbonyl (C=O) groups excluding carboxylic acids is 1. The first-order chi connectivity index (χ1) is 10.1. The Labute approximate surface area is 124 Å². The van der Waals surface area contributed by atoms with E-state index in [1.54, 1.807) is 0 Å². The summed E-state index contributed by atoms with van der Waals surface area (Å²) >= 11 is 0. The molecule has 3 heterocycles. The van der Waals surface area contributed by atoms with E-state index in [9.17, 15) is 4.79 Å². The van der Waals surface area contributed by atoms with E-state index in [0.29, 0.717) is 31.6 Å². The molecule has 2 aliphatic heterocycles. The number of ether oxygens (including phenoxy) is 1. The zero-order valence-electron chi connectivity index (χ0n) is 12.6. The Morgan fingerprint density at radius 3 is 2.57 bits per heavy atom. The fourth-order valence-corrected chi connectivity index (χ4v) is 2.68. The fourth-order valence-electron chi connectivity index (χ4n) is 2.68. The predicted molar refractivity (Wildman–Crippen MR) is 76.2 cm³/mol. The third-order valence-electron chi connectivity index (χ3n) is 3.99. The van der Waals surface area contributed by atoms with Crippen molar-refractivity contribution in [3.8, 4) is 0 Å². The molecule has 1 aromatic heterocycles. The summed E-state index contributed by atoms with van der Waals surface area (Å²) in [5.74, 6) is 1.01. The van der Waals surface area contributed by atoms with Crippen molar-refractivity contribution in [3.63, 3.8) is 0 Å². The van der Waals surface area contributed by atoms with Crippen molar-refractivity contribution >= 4 is 11.9 Å². The number of anilines is 1. The summed E-state index contributed by atoms with van der Waals surface area (Å²) in [7, 11) is 0. The van der Waals surface area contributed by atoms with Crippen LogP contribution in [0.15, 0.2) is 4.42 Å². The Hall–Kier alpha value is -1.63. The molecule has 116 valence electrons. The summed E-state index contributed by atoms with van der Waals surface area (Å²) in [5.41, 5.74) is 0. The van der Waals surface area contributed by atoms with Gasteiger partial charge in [0, 0.05) is 38.7 Å². The summed E-state index contributed by atoms with van der Waals surface area (Å²) < 4.78 is 11.1. The molecular formula is C14H22N4O3. The summed E-state index contributed by atoms with van der Waals surface area (Å²) in [6.07, 6.45) is 1.60. The second-order valence-corrected chi connectivity index (χ2v) is 5.89. The highest BCUT2D eigenvalue weighted by Gasteiger charge is 2.31. The smallest absolute Gasteiger partial charge is 0.318 e. The van der Waals surface area contributed by atoms with Crippen LogP contribution in [-0.4, -0.2) is 59.9 Å². The van der Waals surface area contributed by atoms with Gasteiger partial charge in [-0.25, -0.2) is 0 Å². The van der Waals surface area contributed by atoms with Crippen LogP contribution in [-0.2, 0) is 9.53 Å². The van der Waals surface area contributed by atoms with E-state index in [4.69, 9.17) is 9.15 Å². The zero-order valence-corrected chi connectivity index (χ0v) is 12.6. The van der Waals surface area contributed by atoms with Crippen molar-refractivity contribution in [2.24, 2.45) is 0 Å². The van der Waals surface area contributed by atoms with E-state index in [1.165, 1.54) is 0 Å². The van der Waals surface area contributed by atoms with E-state index in [2.05, 4.69) is 10.2 Å². The molecule has 0 radical (unpaired) electrons. The largest absolute Gasteiger partial charge is 0.408 e.